The van der Waals surface area contributed by atoms with E-state index in [0.29, 0.717) is 30.1 Å². The van der Waals surface area contributed by atoms with Gasteiger partial charge in [0, 0.05) is 52.7 Å². The van der Waals surface area contributed by atoms with Crippen LogP contribution in [0.3, 0.4) is 0 Å². The van der Waals surface area contributed by atoms with Gasteiger partial charge in [-0.3, -0.25) is 9.11 Å². The molecule has 0 spiro atoms. The van der Waals surface area contributed by atoms with Gasteiger partial charge in [0.1, 0.15) is 0 Å². The number of rotatable bonds is 9. The summed E-state index contributed by atoms with van der Waals surface area (Å²) < 4.78 is 59.9. The standard InChI is InChI=1S/C26H25F3N4O4S/c1-3-32(13-15-38(2)35)25(34)33(22-10-8-19(9-11-22)21-12-14-36-17-21)16-18-4-6-20(7-5-18)23-30-31-24(37-23)26(27,28)29/h4-12,14,17H,3,13,15-16H2,1-2H3. The number of alkyl halides is 3. The molecule has 12 heteroatoms. The molecule has 2 aromatic carbocycles. The van der Waals surface area contributed by atoms with Crippen molar-refractivity contribution >= 4 is 22.5 Å². The molecule has 2 amide bonds. The third kappa shape index (κ3) is 6.49. The van der Waals surface area contributed by atoms with E-state index in [4.69, 9.17) is 8.83 Å². The number of carbonyl (C=O) groups excluding carboxylic acids is 1. The van der Waals surface area contributed by atoms with Crippen LogP contribution in [-0.4, -0.2) is 50.4 Å². The first-order chi connectivity index (χ1) is 18.2. The molecule has 0 bridgehead atoms. The summed E-state index contributed by atoms with van der Waals surface area (Å²) in [5, 5.41) is 6.53. The fourth-order valence-electron chi connectivity index (χ4n) is 3.72. The van der Waals surface area contributed by atoms with Gasteiger partial charge in [0.25, 0.3) is 0 Å². The maximum absolute atomic E-state index is 13.6. The van der Waals surface area contributed by atoms with E-state index in [1.54, 1.807) is 52.8 Å². The molecule has 2 aromatic heterocycles. The van der Waals surface area contributed by atoms with Crippen molar-refractivity contribution in [3.63, 3.8) is 0 Å². The van der Waals surface area contributed by atoms with Crippen molar-refractivity contribution in [2.75, 3.05) is 30.0 Å². The highest BCUT2D eigenvalue weighted by Crippen LogP contribution is 2.31. The molecule has 4 aromatic rings. The molecule has 38 heavy (non-hydrogen) atoms. The van der Waals surface area contributed by atoms with Gasteiger partial charge in [0.15, 0.2) is 0 Å². The summed E-state index contributed by atoms with van der Waals surface area (Å²) in [6.45, 7) is 2.80. The van der Waals surface area contributed by atoms with Gasteiger partial charge >= 0.3 is 18.1 Å². The summed E-state index contributed by atoms with van der Waals surface area (Å²) in [4.78, 5) is 16.8. The van der Waals surface area contributed by atoms with E-state index in [1.165, 1.54) is 0 Å². The Morgan fingerprint density at radius 2 is 1.66 bits per heavy atom. The van der Waals surface area contributed by atoms with Gasteiger partial charge in [0.2, 0.25) is 5.89 Å². The van der Waals surface area contributed by atoms with Crippen LogP contribution in [0.2, 0.25) is 0 Å². The second-order valence-corrected chi connectivity index (χ2v) is 9.95. The summed E-state index contributed by atoms with van der Waals surface area (Å²) >= 11 is 0. The molecule has 0 N–H and O–H groups in total. The van der Waals surface area contributed by atoms with Crippen LogP contribution in [0.25, 0.3) is 22.6 Å². The Hall–Kier alpha value is -3.93. The van der Waals surface area contributed by atoms with Crippen LogP contribution >= 0.6 is 0 Å². The van der Waals surface area contributed by atoms with Crippen molar-refractivity contribution in [3.8, 4) is 22.6 Å². The number of aromatic nitrogens is 2. The summed E-state index contributed by atoms with van der Waals surface area (Å²) in [6, 6.07) is 15.5. The first-order valence-electron chi connectivity index (χ1n) is 11.6. The molecule has 0 fully saturated rings. The molecule has 0 aliphatic rings. The predicted octanol–water partition coefficient (Wildman–Crippen LogP) is 5.84. The third-order valence-electron chi connectivity index (χ3n) is 5.77. The highest BCUT2D eigenvalue weighted by atomic mass is 32.2. The third-order valence-corrected chi connectivity index (χ3v) is 6.53. The molecule has 200 valence electrons. The van der Waals surface area contributed by atoms with Gasteiger partial charge < -0.3 is 13.7 Å². The number of carbonyl (C=O) groups is 1. The number of benzene rings is 2. The minimum Gasteiger partial charge on any atom is -0.472 e. The zero-order chi connectivity index (χ0) is 27.3. The lowest BCUT2D eigenvalue weighted by molar-refractivity contribution is -0.156. The van der Waals surface area contributed by atoms with Crippen molar-refractivity contribution in [2.24, 2.45) is 0 Å². The number of anilines is 1. The highest BCUT2D eigenvalue weighted by Gasteiger charge is 2.38. The normalized spacial score (nSPS) is 12.3. The molecule has 0 aliphatic carbocycles. The fraction of sp³-hybridized carbons (Fsp3) is 0.269. The van der Waals surface area contributed by atoms with Crippen molar-refractivity contribution < 1.29 is 31.0 Å². The number of amides is 2. The van der Waals surface area contributed by atoms with Crippen LogP contribution < -0.4 is 4.90 Å². The van der Waals surface area contributed by atoms with Crippen molar-refractivity contribution in [1.82, 2.24) is 15.1 Å². The number of hydrogen-bond acceptors (Lipinski definition) is 6. The fourth-order valence-corrected chi connectivity index (χ4v) is 4.20. The Bertz CT molecular complexity index is 1370. The average Bonchev–Trinajstić information content (AvgIpc) is 3.61. The zero-order valence-corrected chi connectivity index (χ0v) is 21.5. The Morgan fingerprint density at radius 3 is 2.21 bits per heavy atom. The minimum absolute atomic E-state index is 0.188. The van der Waals surface area contributed by atoms with Gasteiger partial charge in [0.05, 0.1) is 19.1 Å². The van der Waals surface area contributed by atoms with Crippen LogP contribution in [0.4, 0.5) is 23.7 Å². The van der Waals surface area contributed by atoms with Crippen LogP contribution in [-0.2, 0) is 23.5 Å². The number of furan rings is 1. The van der Waals surface area contributed by atoms with Gasteiger partial charge in [-0.25, -0.2) is 4.79 Å². The smallest absolute Gasteiger partial charge is 0.470 e. The van der Waals surface area contributed by atoms with E-state index in [1.807, 2.05) is 37.3 Å². The van der Waals surface area contributed by atoms with Crippen LogP contribution in [0.5, 0.6) is 0 Å². The molecule has 2 heterocycles. The number of urea groups is 1. The average molecular weight is 547 g/mol. The SMILES string of the molecule is CCN(CCS(C)=O)C(=O)N(Cc1ccc(-c2nnc(C(F)(F)F)o2)cc1)c1ccc(-c2ccoc2)cc1. The maximum atomic E-state index is 13.6. The highest BCUT2D eigenvalue weighted by molar-refractivity contribution is 7.84. The van der Waals surface area contributed by atoms with Crippen molar-refractivity contribution in [2.45, 2.75) is 19.6 Å². The Balaban J connectivity index is 1.59. The topological polar surface area (TPSA) is 92.7 Å². The van der Waals surface area contributed by atoms with Gasteiger partial charge in [-0.05, 0) is 48.4 Å². The Morgan fingerprint density at radius 1 is 0.974 bits per heavy atom. The second kappa shape index (κ2) is 11.6. The molecule has 0 saturated heterocycles. The molecule has 0 aliphatic heterocycles. The maximum Gasteiger partial charge on any atom is 0.470 e. The Kier molecular flexibility index (Phi) is 8.30. The Labute approximate surface area is 219 Å². The van der Waals surface area contributed by atoms with E-state index in [9.17, 15) is 22.2 Å². The van der Waals surface area contributed by atoms with E-state index < -0.39 is 22.9 Å². The van der Waals surface area contributed by atoms with E-state index in [-0.39, 0.29) is 18.5 Å². The molecule has 4 rings (SSSR count). The van der Waals surface area contributed by atoms with Crippen LogP contribution in [0.15, 0.2) is 76.0 Å². The lowest BCUT2D eigenvalue weighted by atomic mass is 10.1. The molecule has 0 saturated carbocycles. The van der Waals surface area contributed by atoms with Gasteiger partial charge in [-0.2, -0.15) is 13.2 Å². The monoisotopic (exact) mass is 546 g/mol. The molecule has 0 radical (unpaired) electrons. The van der Waals surface area contributed by atoms with E-state index in [2.05, 4.69) is 10.2 Å². The summed E-state index contributed by atoms with van der Waals surface area (Å²) in [5.41, 5.74) is 3.52. The van der Waals surface area contributed by atoms with Gasteiger partial charge in [-0.15, -0.1) is 10.2 Å². The molecule has 1 atom stereocenters. The lowest BCUT2D eigenvalue weighted by Crippen LogP contribution is -2.44. The minimum atomic E-state index is -4.73. The second-order valence-electron chi connectivity index (χ2n) is 8.39. The summed E-state index contributed by atoms with van der Waals surface area (Å²) in [7, 11) is -1.06. The molecular formula is C26H25F3N4O4S. The predicted molar refractivity (Wildman–Crippen MR) is 137 cm³/mol. The summed E-state index contributed by atoms with van der Waals surface area (Å²) in [6.07, 6.45) is 0.0735. The van der Waals surface area contributed by atoms with Gasteiger partial charge in [-0.1, -0.05) is 24.3 Å². The van der Waals surface area contributed by atoms with E-state index in [0.717, 1.165) is 16.7 Å². The molecule has 1 unspecified atom stereocenters. The molecular weight excluding hydrogens is 521 g/mol. The first-order valence-corrected chi connectivity index (χ1v) is 13.4. The zero-order valence-electron chi connectivity index (χ0n) is 20.6. The van der Waals surface area contributed by atoms with Crippen molar-refractivity contribution in [1.29, 1.82) is 0 Å². The first kappa shape index (κ1) is 27.1. The quantitative estimate of drug-likeness (QED) is 0.262. The van der Waals surface area contributed by atoms with Crippen LogP contribution in [0, 0.1) is 0 Å². The largest absolute Gasteiger partial charge is 0.472 e. The van der Waals surface area contributed by atoms with E-state index >= 15 is 0 Å². The molecule has 8 nitrogen and oxygen atoms in total. The summed E-state index contributed by atoms with van der Waals surface area (Å²) in [5.74, 6) is -1.32. The number of halogens is 3. The number of hydrogen-bond donors (Lipinski definition) is 0. The number of nitrogens with zero attached hydrogens (tertiary/aromatic N) is 4. The lowest BCUT2D eigenvalue weighted by Gasteiger charge is -2.30. The van der Waals surface area contributed by atoms with Crippen LogP contribution in [0.1, 0.15) is 18.4 Å². The van der Waals surface area contributed by atoms with Crippen molar-refractivity contribution in [3.05, 3.63) is 78.6 Å².